The van der Waals surface area contributed by atoms with Crippen LogP contribution in [0.4, 0.5) is 17.1 Å². The number of benzene rings is 2. The number of pyridine rings is 2. The summed E-state index contributed by atoms with van der Waals surface area (Å²) in [7, 11) is 1.93. The third kappa shape index (κ3) is 10.4. The second-order valence-electron chi connectivity index (χ2n) is 11.7. The highest BCUT2D eigenvalue weighted by Crippen LogP contribution is 2.38. The number of nitrogens with one attached hydrogen (secondary N) is 3. The molecule has 2 atom stereocenters. The summed E-state index contributed by atoms with van der Waals surface area (Å²) in [4.78, 5) is 21.9. The Kier molecular flexibility index (Phi) is 13.2. The molecule has 11 nitrogen and oxygen atoms in total. The Morgan fingerprint density at radius 3 is 2.84 bits per heavy atom. The summed E-state index contributed by atoms with van der Waals surface area (Å²) in [6.45, 7) is 2.25. The third-order valence-electron chi connectivity index (χ3n) is 7.97. The lowest BCUT2D eigenvalue weighted by Crippen LogP contribution is -2.18. The summed E-state index contributed by atoms with van der Waals surface area (Å²) in [6.07, 6.45) is 10.4. The lowest BCUT2D eigenvalue weighted by molar-refractivity contribution is -0.111. The van der Waals surface area contributed by atoms with Crippen molar-refractivity contribution in [2.45, 2.75) is 57.3 Å². The van der Waals surface area contributed by atoms with Crippen molar-refractivity contribution in [1.29, 1.82) is 5.26 Å². The number of carbonyl (C=O) groups excluding carboxylic acids is 1. The highest BCUT2D eigenvalue weighted by molar-refractivity contribution is 6.32. The third-order valence-corrected chi connectivity index (χ3v) is 8.27. The monoisotopic (exact) mass is 684 g/mol. The first-order chi connectivity index (χ1) is 23.9. The van der Waals surface area contributed by atoms with Crippen LogP contribution in [0.5, 0.6) is 11.5 Å². The molecule has 49 heavy (non-hydrogen) atoms. The van der Waals surface area contributed by atoms with Crippen LogP contribution in [0, 0.1) is 11.3 Å². The van der Waals surface area contributed by atoms with Gasteiger partial charge in [0.15, 0.2) is 0 Å². The Hall–Kier alpha value is -4.73. The lowest BCUT2D eigenvalue weighted by atomic mass is 10.1. The van der Waals surface area contributed by atoms with Gasteiger partial charge in [-0.15, -0.1) is 0 Å². The summed E-state index contributed by atoms with van der Waals surface area (Å²) in [5, 5.41) is 30.7. The zero-order valence-electron chi connectivity index (χ0n) is 27.5. The van der Waals surface area contributed by atoms with Gasteiger partial charge in [-0.3, -0.25) is 14.8 Å². The van der Waals surface area contributed by atoms with E-state index in [1.807, 2.05) is 25.2 Å². The number of amides is 1. The van der Waals surface area contributed by atoms with E-state index < -0.39 is 6.10 Å². The second kappa shape index (κ2) is 18.1. The molecule has 3 heterocycles. The maximum atomic E-state index is 13.1. The van der Waals surface area contributed by atoms with E-state index in [9.17, 15) is 15.2 Å². The van der Waals surface area contributed by atoms with E-state index in [4.69, 9.17) is 25.8 Å². The molecule has 256 valence electrons. The topological polar surface area (TPSA) is 151 Å². The Bertz CT molecular complexity index is 1780. The molecule has 0 saturated carbocycles. The van der Waals surface area contributed by atoms with E-state index in [-0.39, 0.29) is 18.6 Å². The molecule has 1 saturated heterocycles. The van der Waals surface area contributed by atoms with Gasteiger partial charge < -0.3 is 35.3 Å². The minimum atomic E-state index is -0.514. The Balaban J connectivity index is 1.35. The molecule has 2 aromatic carbocycles. The van der Waals surface area contributed by atoms with Gasteiger partial charge >= 0.3 is 0 Å². The number of hydrogen-bond acceptors (Lipinski definition) is 10. The first kappa shape index (κ1) is 35.6. The number of unbranched alkanes of at least 4 members (excludes halogenated alkanes) is 2. The van der Waals surface area contributed by atoms with Crippen LogP contribution in [0.25, 0.3) is 10.9 Å². The zero-order valence-corrected chi connectivity index (χ0v) is 28.2. The van der Waals surface area contributed by atoms with Crippen molar-refractivity contribution in [1.82, 2.24) is 15.3 Å². The molecule has 4 N–H and O–H groups in total. The minimum Gasteiger partial charge on any atom is -0.486 e. The molecule has 0 spiro atoms. The van der Waals surface area contributed by atoms with Crippen molar-refractivity contribution in [3.8, 4) is 17.6 Å². The highest BCUT2D eigenvalue weighted by atomic mass is 35.5. The number of hydrogen-bond donors (Lipinski definition) is 4. The summed E-state index contributed by atoms with van der Waals surface area (Å²) < 4.78 is 17.6. The second-order valence-corrected chi connectivity index (χ2v) is 12.1. The van der Waals surface area contributed by atoms with Gasteiger partial charge in [-0.05, 0) is 75.3 Å². The lowest BCUT2D eigenvalue weighted by Gasteiger charge is -2.19. The van der Waals surface area contributed by atoms with Crippen molar-refractivity contribution in [2.75, 3.05) is 37.4 Å². The molecule has 2 aromatic heterocycles. The highest BCUT2D eigenvalue weighted by Gasteiger charge is 2.21. The Morgan fingerprint density at radius 1 is 1.18 bits per heavy atom. The summed E-state index contributed by atoms with van der Waals surface area (Å²) >= 11 is 6.58. The summed E-state index contributed by atoms with van der Waals surface area (Å²) in [5.74, 6) is 0.553. The maximum Gasteiger partial charge on any atom is 0.248 e. The largest absolute Gasteiger partial charge is 0.486 e. The number of nitrogens with zero attached hydrogens (tertiary/aromatic N) is 3. The standard InChI is InChI=1S/C37H41ClN6O5/c1-40-15-5-2-3-9-28(45)10-7-11-36(46)44-33-19-30-32(20-35(33)49-29-14-17-47-24-29)42-22-25(21-39)37(30)43-26-12-13-34(31(38)18-26)48-23-27-8-4-6-16-41-27/h4,6-8,11-13,16,18-20,22,28-29,40,45H,2-3,5,9-10,14-15,17,23-24H2,1H3,(H,42,43)(H,44,46)/b11-7+/t28-,29-/m0/s1. The predicted molar refractivity (Wildman–Crippen MR) is 190 cm³/mol. The average molecular weight is 685 g/mol. The SMILES string of the molecule is CNCCCCC[C@H](O)C/C=C/C(=O)Nc1cc2c(Nc3ccc(OCc4ccccn4)c(Cl)c3)c(C#N)cnc2cc1O[C@H]1CCOC1. The molecule has 1 aliphatic rings. The van der Waals surface area contributed by atoms with Gasteiger partial charge in [0.2, 0.25) is 5.91 Å². The molecule has 1 aliphatic heterocycles. The van der Waals surface area contributed by atoms with Crippen molar-refractivity contribution >= 4 is 45.5 Å². The predicted octanol–water partition coefficient (Wildman–Crippen LogP) is 6.67. The minimum absolute atomic E-state index is 0.177. The van der Waals surface area contributed by atoms with Crippen LogP contribution in [-0.2, 0) is 16.1 Å². The quantitative estimate of drug-likeness (QED) is 0.0701. The number of nitriles is 1. The molecule has 0 unspecified atom stereocenters. The van der Waals surface area contributed by atoms with Crippen LogP contribution >= 0.6 is 11.6 Å². The summed E-state index contributed by atoms with van der Waals surface area (Å²) in [6, 6.07) is 16.6. The average Bonchev–Trinajstić information content (AvgIpc) is 3.62. The van der Waals surface area contributed by atoms with Gasteiger partial charge in [0, 0.05) is 36.0 Å². The Labute approximate surface area is 291 Å². The van der Waals surface area contributed by atoms with Gasteiger partial charge in [0.25, 0.3) is 0 Å². The molecule has 5 rings (SSSR count). The molecular weight excluding hydrogens is 644 g/mol. The van der Waals surface area contributed by atoms with Crippen LogP contribution in [0.1, 0.15) is 49.8 Å². The van der Waals surface area contributed by atoms with Crippen LogP contribution in [0.2, 0.25) is 5.02 Å². The van der Waals surface area contributed by atoms with Crippen molar-refractivity contribution in [2.24, 2.45) is 0 Å². The van der Waals surface area contributed by atoms with Crippen LogP contribution < -0.4 is 25.4 Å². The molecule has 1 fully saturated rings. The van der Waals surface area contributed by atoms with E-state index in [2.05, 4.69) is 32.0 Å². The molecule has 0 radical (unpaired) electrons. The molecular formula is C37H41ClN6O5. The maximum absolute atomic E-state index is 13.1. The number of carbonyl (C=O) groups is 1. The van der Waals surface area contributed by atoms with Crippen LogP contribution in [0.15, 0.2) is 73.1 Å². The number of ether oxygens (including phenoxy) is 3. The number of halogens is 1. The van der Waals surface area contributed by atoms with Crippen LogP contribution in [0.3, 0.4) is 0 Å². The van der Waals surface area contributed by atoms with Gasteiger partial charge in [-0.25, -0.2) is 0 Å². The van der Waals surface area contributed by atoms with E-state index in [0.29, 0.717) is 82.5 Å². The first-order valence-electron chi connectivity index (χ1n) is 16.4. The number of rotatable bonds is 17. The number of aliphatic hydroxyl groups excluding tert-OH is 1. The van der Waals surface area contributed by atoms with E-state index >= 15 is 0 Å². The van der Waals surface area contributed by atoms with E-state index in [0.717, 1.165) is 31.5 Å². The summed E-state index contributed by atoms with van der Waals surface area (Å²) in [5.41, 5.74) is 3.16. The molecule has 12 heteroatoms. The zero-order chi connectivity index (χ0) is 34.4. The molecule has 0 bridgehead atoms. The smallest absolute Gasteiger partial charge is 0.248 e. The molecule has 4 aromatic rings. The van der Waals surface area contributed by atoms with Crippen LogP contribution in [-0.4, -0.2) is 60.0 Å². The fraction of sp³-hybridized carbons (Fsp3) is 0.351. The van der Waals surface area contributed by atoms with E-state index in [1.54, 1.807) is 42.6 Å². The molecule has 1 amide bonds. The van der Waals surface area contributed by atoms with Gasteiger partial charge in [0.05, 0.1) is 52.5 Å². The van der Waals surface area contributed by atoms with Gasteiger partial charge in [-0.1, -0.05) is 36.6 Å². The fourth-order valence-electron chi connectivity index (χ4n) is 5.38. The Morgan fingerprint density at radius 2 is 2.08 bits per heavy atom. The first-order valence-corrected chi connectivity index (χ1v) is 16.8. The normalized spacial score (nSPS) is 14.9. The fourth-order valence-corrected chi connectivity index (χ4v) is 5.61. The van der Waals surface area contributed by atoms with E-state index in [1.165, 1.54) is 12.3 Å². The number of aromatic nitrogens is 2. The van der Waals surface area contributed by atoms with Gasteiger partial charge in [-0.2, -0.15) is 5.26 Å². The van der Waals surface area contributed by atoms with Crippen molar-refractivity contribution < 1.29 is 24.1 Å². The molecule has 0 aliphatic carbocycles. The van der Waals surface area contributed by atoms with Gasteiger partial charge in [0.1, 0.15) is 30.3 Å². The van der Waals surface area contributed by atoms with Crippen molar-refractivity contribution in [3.63, 3.8) is 0 Å². The van der Waals surface area contributed by atoms with Crippen molar-refractivity contribution in [3.05, 3.63) is 89.4 Å². The number of fused-ring (bicyclic) bond motifs is 1. The number of aliphatic hydroxyl groups is 1. The number of anilines is 3.